The molecule has 0 aliphatic rings. The highest BCUT2D eigenvalue weighted by Crippen LogP contribution is 2.29. The summed E-state index contributed by atoms with van der Waals surface area (Å²) in [6.07, 6.45) is 0. The summed E-state index contributed by atoms with van der Waals surface area (Å²) >= 11 is 0. The van der Waals surface area contributed by atoms with E-state index < -0.39 is 33.2 Å². The molecular weight excluding hydrogens is 400 g/mol. The lowest BCUT2D eigenvalue weighted by Gasteiger charge is -2.10. The van der Waals surface area contributed by atoms with E-state index in [-0.39, 0.29) is 17.2 Å². The zero-order chi connectivity index (χ0) is 22.4. The van der Waals surface area contributed by atoms with Crippen LogP contribution >= 0.6 is 0 Å². The number of benzene rings is 2. The van der Waals surface area contributed by atoms with Gasteiger partial charge >= 0.3 is 17.6 Å². The van der Waals surface area contributed by atoms with Crippen molar-refractivity contribution in [1.82, 2.24) is 0 Å². The largest absolute Gasteiger partial charge is 0.427 e. The number of hydrazone groups is 1. The third-order valence-electron chi connectivity index (χ3n) is 3.55. The van der Waals surface area contributed by atoms with Gasteiger partial charge in [0, 0.05) is 31.5 Å². The van der Waals surface area contributed by atoms with E-state index >= 15 is 0 Å². The fourth-order valence-electron chi connectivity index (χ4n) is 2.32. The number of hydrogen-bond acceptors (Lipinski definition) is 10. The summed E-state index contributed by atoms with van der Waals surface area (Å²) < 4.78 is 10.0. The molecule has 0 atom stereocenters. The summed E-state index contributed by atoms with van der Waals surface area (Å²) in [7, 11) is 0. The number of carbonyl (C=O) groups excluding carboxylic acids is 2. The molecule has 2 aromatic carbocycles. The Labute approximate surface area is 169 Å². The van der Waals surface area contributed by atoms with Crippen LogP contribution in [0.4, 0.5) is 17.1 Å². The molecule has 1 N–H and O–H groups in total. The van der Waals surface area contributed by atoms with Crippen LogP contribution in [0.15, 0.2) is 41.5 Å². The summed E-state index contributed by atoms with van der Waals surface area (Å²) in [5, 5.41) is 26.1. The van der Waals surface area contributed by atoms with E-state index in [2.05, 4.69) is 10.5 Å². The Bertz CT molecular complexity index is 1030. The second-order valence-electron chi connectivity index (χ2n) is 5.91. The van der Waals surface area contributed by atoms with Crippen LogP contribution in [-0.4, -0.2) is 27.5 Å². The normalized spacial score (nSPS) is 10.8. The molecule has 0 amide bonds. The first-order valence-electron chi connectivity index (χ1n) is 8.32. The molecule has 30 heavy (non-hydrogen) atoms. The third kappa shape index (κ3) is 5.82. The monoisotopic (exact) mass is 416 g/mol. The molecule has 12 heteroatoms. The molecule has 156 valence electrons. The highest BCUT2D eigenvalue weighted by Gasteiger charge is 2.19. The Morgan fingerprint density at radius 1 is 0.900 bits per heavy atom. The first-order chi connectivity index (χ1) is 14.1. The topological polar surface area (TPSA) is 163 Å². The van der Waals surface area contributed by atoms with Gasteiger partial charge in [0.25, 0.3) is 5.69 Å². The molecule has 0 aliphatic carbocycles. The number of nitro groups is 2. The molecule has 0 radical (unpaired) electrons. The van der Waals surface area contributed by atoms with Gasteiger partial charge < -0.3 is 9.47 Å². The van der Waals surface area contributed by atoms with Crippen molar-refractivity contribution >= 4 is 34.7 Å². The van der Waals surface area contributed by atoms with Gasteiger partial charge in [0.05, 0.1) is 21.6 Å². The smallest absolute Gasteiger partial charge is 0.308 e. The van der Waals surface area contributed by atoms with E-state index in [9.17, 15) is 29.8 Å². The van der Waals surface area contributed by atoms with Gasteiger partial charge in [-0.1, -0.05) is 0 Å². The number of rotatable bonds is 7. The lowest BCUT2D eigenvalue weighted by molar-refractivity contribution is -0.393. The molecule has 0 spiro atoms. The molecule has 2 aromatic rings. The molecule has 0 saturated heterocycles. The van der Waals surface area contributed by atoms with Gasteiger partial charge in [-0.25, -0.2) is 0 Å². The van der Waals surface area contributed by atoms with Crippen LogP contribution in [0.1, 0.15) is 26.3 Å². The molecule has 12 nitrogen and oxygen atoms in total. The minimum Gasteiger partial charge on any atom is -0.427 e. The number of hydrogen-bond donors (Lipinski definition) is 1. The lowest BCUT2D eigenvalue weighted by atomic mass is 10.1. The van der Waals surface area contributed by atoms with E-state index in [1.54, 1.807) is 6.92 Å². The Balaban J connectivity index is 2.39. The van der Waals surface area contributed by atoms with E-state index in [0.717, 1.165) is 18.2 Å². The molecule has 0 aliphatic heterocycles. The minimum atomic E-state index is -0.777. The molecule has 0 heterocycles. The second-order valence-corrected chi connectivity index (χ2v) is 5.91. The predicted molar refractivity (Wildman–Crippen MR) is 105 cm³/mol. The van der Waals surface area contributed by atoms with Crippen molar-refractivity contribution in [2.24, 2.45) is 5.10 Å². The van der Waals surface area contributed by atoms with E-state index in [4.69, 9.17) is 9.47 Å². The number of anilines is 1. The average Bonchev–Trinajstić information content (AvgIpc) is 2.64. The van der Waals surface area contributed by atoms with Crippen molar-refractivity contribution in [2.75, 3.05) is 5.43 Å². The first kappa shape index (κ1) is 21.9. The van der Waals surface area contributed by atoms with Gasteiger partial charge in [0.2, 0.25) is 0 Å². The third-order valence-corrected chi connectivity index (χ3v) is 3.55. The zero-order valence-corrected chi connectivity index (χ0v) is 16.1. The molecule has 2 rings (SSSR count). The first-order valence-corrected chi connectivity index (χ1v) is 8.32. The molecule has 0 unspecified atom stereocenters. The number of nitrogens with zero attached hydrogens (tertiary/aromatic N) is 3. The van der Waals surface area contributed by atoms with Crippen LogP contribution in [0.25, 0.3) is 0 Å². The minimum absolute atomic E-state index is 0.0682. The van der Waals surface area contributed by atoms with Crippen LogP contribution in [0, 0.1) is 20.2 Å². The number of non-ortho nitro benzene ring substituents is 1. The number of nitro benzene ring substituents is 2. The zero-order valence-electron chi connectivity index (χ0n) is 16.1. The van der Waals surface area contributed by atoms with E-state index in [1.165, 1.54) is 32.0 Å². The Morgan fingerprint density at radius 2 is 1.47 bits per heavy atom. The SMILES string of the molecule is CC(=O)Oc1cc(OC(C)=O)cc(/C(C)=N/Nc2ccc([N+](=O)[O-])cc2[N+](=O)[O-])c1. The van der Waals surface area contributed by atoms with Gasteiger partial charge in [-0.15, -0.1) is 0 Å². The van der Waals surface area contributed by atoms with Gasteiger partial charge in [-0.05, 0) is 25.1 Å². The van der Waals surface area contributed by atoms with Gasteiger partial charge in [0.15, 0.2) is 0 Å². The van der Waals surface area contributed by atoms with Crippen molar-refractivity contribution < 1.29 is 28.9 Å². The maximum atomic E-state index is 11.2. The maximum absolute atomic E-state index is 11.2. The van der Waals surface area contributed by atoms with Crippen LogP contribution in [-0.2, 0) is 9.59 Å². The quantitative estimate of drug-likeness (QED) is 0.235. The van der Waals surface area contributed by atoms with Crippen LogP contribution in [0.5, 0.6) is 11.5 Å². The Kier molecular flexibility index (Phi) is 6.75. The molecule has 0 saturated carbocycles. The van der Waals surface area contributed by atoms with Crippen molar-refractivity contribution in [3.05, 3.63) is 62.2 Å². The van der Waals surface area contributed by atoms with Crippen LogP contribution < -0.4 is 14.9 Å². The summed E-state index contributed by atoms with van der Waals surface area (Å²) in [5.74, 6) is -0.968. The number of esters is 2. The summed E-state index contributed by atoms with van der Waals surface area (Å²) in [6.45, 7) is 3.96. The predicted octanol–water partition coefficient (Wildman–Crippen LogP) is 3.19. The lowest BCUT2D eigenvalue weighted by Crippen LogP contribution is -2.07. The molecule has 0 bridgehead atoms. The number of ether oxygens (including phenoxy) is 2. The summed E-state index contributed by atoms with van der Waals surface area (Å²) in [6, 6.07) is 7.33. The number of nitrogens with one attached hydrogen (secondary N) is 1. The fraction of sp³-hybridized carbons (Fsp3) is 0.167. The van der Waals surface area contributed by atoms with Gasteiger partial charge in [-0.2, -0.15) is 5.10 Å². The van der Waals surface area contributed by atoms with Crippen molar-refractivity contribution in [3.8, 4) is 11.5 Å². The van der Waals surface area contributed by atoms with Gasteiger partial charge in [0.1, 0.15) is 17.2 Å². The molecule has 0 fully saturated rings. The van der Waals surface area contributed by atoms with Crippen molar-refractivity contribution in [1.29, 1.82) is 0 Å². The highest BCUT2D eigenvalue weighted by atomic mass is 16.6. The second kappa shape index (κ2) is 9.23. The van der Waals surface area contributed by atoms with E-state index in [0.29, 0.717) is 11.3 Å². The molecule has 0 aromatic heterocycles. The standard InChI is InChI=1S/C18H16N4O8/c1-10(13-6-15(29-11(2)23)9-16(7-13)30-12(3)24)19-20-17-5-4-14(21(25)26)8-18(17)22(27)28/h4-9,20H,1-3H3/b19-10+. The van der Waals surface area contributed by atoms with E-state index in [1.807, 2.05) is 0 Å². The summed E-state index contributed by atoms with van der Waals surface area (Å²) in [5.41, 5.74) is 2.14. The summed E-state index contributed by atoms with van der Waals surface area (Å²) in [4.78, 5) is 43.0. The van der Waals surface area contributed by atoms with Gasteiger partial charge in [-0.3, -0.25) is 35.2 Å². The van der Waals surface area contributed by atoms with Crippen LogP contribution in [0.2, 0.25) is 0 Å². The maximum Gasteiger partial charge on any atom is 0.308 e. The van der Waals surface area contributed by atoms with Crippen LogP contribution in [0.3, 0.4) is 0 Å². The Morgan fingerprint density at radius 3 is 1.93 bits per heavy atom. The Hall–Kier alpha value is -4.35. The highest BCUT2D eigenvalue weighted by molar-refractivity contribution is 6.00. The van der Waals surface area contributed by atoms with Crippen molar-refractivity contribution in [2.45, 2.75) is 20.8 Å². The fourth-order valence-corrected chi connectivity index (χ4v) is 2.32. The number of carbonyl (C=O) groups is 2. The molecular formula is C18H16N4O8. The van der Waals surface area contributed by atoms with Crippen molar-refractivity contribution in [3.63, 3.8) is 0 Å². The average molecular weight is 416 g/mol.